The minimum atomic E-state index is -0.289. The number of thioether (sulfide) groups is 1. The van der Waals surface area contributed by atoms with E-state index >= 15 is 0 Å². The number of hydrogen-bond acceptors (Lipinski definition) is 4. The molecule has 0 spiro atoms. The maximum Gasteiger partial charge on any atom is 0.230 e. The van der Waals surface area contributed by atoms with Gasteiger partial charge in [-0.05, 0) is 26.7 Å². The first-order chi connectivity index (χ1) is 8.76. The summed E-state index contributed by atoms with van der Waals surface area (Å²) in [4.78, 5) is 31.8. The average molecular weight is 289 g/mol. The number of primary amides is 1. The Balaban J connectivity index is 0. The number of carbonyl (C=O) groups excluding carboxylic acids is 3. The molecular weight excluding hydrogens is 262 g/mol. The Bertz CT molecular complexity index is 292. The number of nitrogens with two attached hydrogens (primary N) is 1. The molecule has 19 heavy (non-hydrogen) atoms. The maximum atomic E-state index is 10.9. The Kier molecular flexibility index (Phi) is 13.2. The lowest BCUT2D eigenvalue weighted by atomic mass is 10.1. The SMILES string of the molecule is CCC(SCC(C)C(C)=O)C(N)=O.CCCC(C)=O. The fourth-order valence-corrected chi connectivity index (χ4v) is 2.29. The molecule has 2 N–H and O–H groups in total. The topological polar surface area (TPSA) is 77.2 Å². The molecule has 0 heterocycles. The lowest BCUT2D eigenvalue weighted by molar-refractivity contribution is -0.120. The van der Waals surface area contributed by atoms with Crippen LogP contribution in [0.5, 0.6) is 0 Å². The first-order valence-corrected chi connectivity index (χ1v) is 7.71. The molecule has 0 saturated carbocycles. The Labute approximate surface area is 120 Å². The molecule has 1 amide bonds. The summed E-state index contributed by atoms with van der Waals surface area (Å²) >= 11 is 1.47. The molecule has 0 aliphatic heterocycles. The van der Waals surface area contributed by atoms with Crippen LogP contribution in [-0.2, 0) is 14.4 Å². The molecular formula is C14H27NO3S. The Hall–Kier alpha value is -0.840. The van der Waals surface area contributed by atoms with E-state index in [1.54, 1.807) is 13.8 Å². The first kappa shape index (κ1) is 20.5. The van der Waals surface area contributed by atoms with Crippen molar-refractivity contribution in [2.24, 2.45) is 11.7 Å². The van der Waals surface area contributed by atoms with Crippen LogP contribution in [0, 0.1) is 5.92 Å². The van der Waals surface area contributed by atoms with Gasteiger partial charge in [-0.25, -0.2) is 0 Å². The summed E-state index contributed by atoms with van der Waals surface area (Å²) in [5.74, 6) is 0.850. The molecule has 2 atom stereocenters. The van der Waals surface area contributed by atoms with E-state index in [9.17, 15) is 14.4 Å². The van der Waals surface area contributed by atoms with E-state index in [1.807, 2.05) is 20.8 Å². The fraction of sp³-hybridized carbons (Fsp3) is 0.786. The molecule has 2 unspecified atom stereocenters. The van der Waals surface area contributed by atoms with Crippen LogP contribution in [-0.4, -0.2) is 28.5 Å². The highest BCUT2D eigenvalue weighted by Gasteiger charge is 2.16. The lowest BCUT2D eigenvalue weighted by Crippen LogP contribution is -2.26. The third kappa shape index (κ3) is 13.4. The van der Waals surface area contributed by atoms with Crippen LogP contribution in [0.2, 0.25) is 0 Å². The summed E-state index contributed by atoms with van der Waals surface area (Å²) in [5, 5.41) is -0.151. The van der Waals surface area contributed by atoms with Gasteiger partial charge in [-0.2, -0.15) is 0 Å². The molecule has 0 aromatic rings. The van der Waals surface area contributed by atoms with E-state index in [1.165, 1.54) is 11.8 Å². The van der Waals surface area contributed by atoms with Gasteiger partial charge in [0.25, 0.3) is 0 Å². The van der Waals surface area contributed by atoms with Crippen LogP contribution < -0.4 is 5.73 Å². The molecule has 0 aliphatic carbocycles. The molecule has 0 fully saturated rings. The van der Waals surface area contributed by atoms with Gasteiger partial charge in [-0.3, -0.25) is 9.59 Å². The van der Waals surface area contributed by atoms with Crippen molar-refractivity contribution in [2.75, 3.05) is 5.75 Å². The van der Waals surface area contributed by atoms with Gasteiger partial charge >= 0.3 is 0 Å². The van der Waals surface area contributed by atoms with Crippen LogP contribution in [0.4, 0.5) is 0 Å². The van der Waals surface area contributed by atoms with Crippen LogP contribution in [0.15, 0.2) is 0 Å². The van der Waals surface area contributed by atoms with Gasteiger partial charge in [0, 0.05) is 18.1 Å². The second-order valence-corrected chi connectivity index (χ2v) is 5.83. The highest BCUT2D eigenvalue weighted by Crippen LogP contribution is 2.17. The minimum Gasteiger partial charge on any atom is -0.369 e. The summed E-state index contributed by atoms with van der Waals surface area (Å²) in [6.07, 6.45) is 2.44. The highest BCUT2D eigenvalue weighted by molar-refractivity contribution is 8.00. The third-order valence-corrected chi connectivity index (χ3v) is 4.19. The van der Waals surface area contributed by atoms with Gasteiger partial charge in [-0.15, -0.1) is 11.8 Å². The summed E-state index contributed by atoms with van der Waals surface area (Å²) in [6.45, 7) is 8.96. The van der Waals surface area contributed by atoms with Crippen LogP contribution >= 0.6 is 11.8 Å². The van der Waals surface area contributed by atoms with Gasteiger partial charge in [0.2, 0.25) is 5.91 Å². The van der Waals surface area contributed by atoms with Gasteiger partial charge in [-0.1, -0.05) is 20.8 Å². The van der Waals surface area contributed by atoms with Crippen LogP contribution in [0.25, 0.3) is 0 Å². The monoisotopic (exact) mass is 289 g/mol. The number of rotatable bonds is 8. The van der Waals surface area contributed by atoms with Crippen LogP contribution in [0.1, 0.15) is 53.9 Å². The summed E-state index contributed by atoms with van der Waals surface area (Å²) in [5.41, 5.74) is 5.16. The number of carbonyl (C=O) groups is 3. The van der Waals surface area contributed by atoms with Crippen molar-refractivity contribution < 1.29 is 14.4 Å². The highest BCUT2D eigenvalue weighted by atomic mass is 32.2. The fourth-order valence-electron chi connectivity index (χ4n) is 1.13. The second-order valence-electron chi connectivity index (χ2n) is 4.60. The zero-order chi connectivity index (χ0) is 15.4. The first-order valence-electron chi connectivity index (χ1n) is 6.66. The maximum absolute atomic E-state index is 10.9. The quantitative estimate of drug-likeness (QED) is 0.745. The number of Topliss-reactive ketones (excluding diaryl/α,β-unsaturated/α-hetero) is 2. The van der Waals surface area contributed by atoms with Crippen molar-refractivity contribution in [3.05, 3.63) is 0 Å². The van der Waals surface area contributed by atoms with Gasteiger partial charge < -0.3 is 10.5 Å². The molecule has 112 valence electrons. The predicted molar refractivity (Wildman–Crippen MR) is 81.2 cm³/mol. The van der Waals surface area contributed by atoms with Crippen LogP contribution in [0.3, 0.4) is 0 Å². The van der Waals surface area contributed by atoms with Gasteiger partial charge in [0.15, 0.2) is 0 Å². The van der Waals surface area contributed by atoms with Crippen molar-refractivity contribution in [1.29, 1.82) is 0 Å². The van der Waals surface area contributed by atoms with Crippen molar-refractivity contribution in [3.8, 4) is 0 Å². The van der Waals surface area contributed by atoms with Gasteiger partial charge in [0.05, 0.1) is 5.25 Å². The number of hydrogen-bond donors (Lipinski definition) is 1. The minimum absolute atomic E-state index is 0.0124. The number of amides is 1. The van der Waals surface area contributed by atoms with E-state index < -0.39 is 0 Å². The van der Waals surface area contributed by atoms with E-state index in [0.29, 0.717) is 5.75 Å². The predicted octanol–water partition coefficient (Wildman–Crippen LogP) is 2.58. The molecule has 0 aromatic carbocycles. The molecule has 0 rings (SSSR count). The second kappa shape index (κ2) is 12.2. The average Bonchev–Trinajstić information content (AvgIpc) is 2.29. The summed E-state index contributed by atoms with van der Waals surface area (Å²) < 4.78 is 0. The molecule has 0 aromatic heterocycles. The van der Waals surface area contributed by atoms with E-state index in [4.69, 9.17) is 5.73 Å². The van der Waals surface area contributed by atoms with E-state index in [2.05, 4.69) is 0 Å². The summed E-state index contributed by atoms with van der Waals surface area (Å²) in [7, 11) is 0. The van der Waals surface area contributed by atoms with Crippen molar-refractivity contribution in [3.63, 3.8) is 0 Å². The number of ketones is 2. The molecule has 0 bridgehead atoms. The molecule has 0 radical (unpaired) electrons. The zero-order valence-electron chi connectivity index (χ0n) is 12.7. The van der Waals surface area contributed by atoms with Crippen molar-refractivity contribution in [1.82, 2.24) is 0 Å². The normalized spacial score (nSPS) is 12.9. The van der Waals surface area contributed by atoms with E-state index in [0.717, 1.165) is 19.3 Å². The van der Waals surface area contributed by atoms with Crippen molar-refractivity contribution >= 4 is 29.2 Å². The molecule has 5 heteroatoms. The molecule has 4 nitrogen and oxygen atoms in total. The Morgan fingerprint density at radius 1 is 1.16 bits per heavy atom. The van der Waals surface area contributed by atoms with Gasteiger partial charge in [0.1, 0.15) is 11.6 Å². The van der Waals surface area contributed by atoms with E-state index in [-0.39, 0.29) is 28.6 Å². The van der Waals surface area contributed by atoms with Crippen molar-refractivity contribution in [2.45, 2.75) is 59.1 Å². The lowest BCUT2D eigenvalue weighted by Gasteiger charge is -2.12. The molecule has 0 saturated heterocycles. The Morgan fingerprint density at radius 3 is 1.89 bits per heavy atom. The zero-order valence-corrected chi connectivity index (χ0v) is 13.5. The Morgan fingerprint density at radius 2 is 1.68 bits per heavy atom. The molecule has 0 aliphatic rings. The third-order valence-electron chi connectivity index (χ3n) is 2.53. The summed E-state index contributed by atoms with van der Waals surface area (Å²) in [6, 6.07) is 0. The smallest absolute Gasteiger partial charge is 0.230 e. The largest absolute Gasteiger partial charge is 0.369 e. The standard InChI is InChI=1S/C9H17NO2S.C5H10O/c1-4-8(9(10)12)13-5-6(2)7(3)11;1-3-4-5(2)6/h6,8H,4-5H2,1-3H3,(H2,10,12);3-4H2,1-2H3.